The Hall–Kier alpha value is -2.18. The molecule has 0 radical (unpaired) electrons. The van der Waals surface area contributed by atoms with Crippen molar-refractivity contribution in [2.45, 2.75) is 37.8 Å². The van der Waals surface area contributed by atoms with E-state index in [9.17, 15) is 4.79 Å². The normalized spacial score (nSPS) is 12.0. The highest BCUT2D eigenvalue weighted by Gasteiger charge is 2.18. The second-order valence-corrected chi connectivity index (χ2v) is 8.64. The van der Waals surface area contributed by atoms with Gasteiger partial charge >= 0.3 is 0 Å². The monoisotopic (exact) mass is 383 g/mol. The average molecular weight is 384 g/mol. The molecule has 26 heavy (non-hydrogen) atoms. The fourth-order valence-electron chi connectivity index (χ4n) is 2.86. The van der Waals surface area contributed by atoms with Crippen LogP contribution in [-0.4, -0.2) is 21.4 Å². The van der Waals surface area contributed by atoms with E-state index in [-0.39, 0.29) is 11.2 Å². The van der Waals surface area contributed by atoms with Gasteiger partial charge in [0.15, 0.2) is 0 Å². The van der Waals surface area contributed by atoms with Gasteiger partial charge in [-0.2, -0.15) is 0 Å². The van der Waals surface area contributed by atoms with Crippen molar-refractivity contribution in [1.29, 1.82) is 0 Å². The molecule has 1 heterocycles. The number of aromatic nitrogens is 2. The fourth-order valence-corrected chi connectivity index (χ4v) is 4.67. The second kappa shape index (κ2) is 8.01. The first kappa shape index (κ1) is 18.6. The van der Waals surface area contributed by atoms with Gasteiger partial charge in [0.2, 0.25) is 11.0 Å². The lowest BCUT2D eigenvalue weighted by atomic mass is 10.0. The van der Waals surface area contributed by atoms with E-state index in [2.05, 4.69) is 48.4 Å². The van der Waals surface area contributed by atoms with E-state index in [1.165, 1.54) is 39.8 Å². The van der Waals surface area contributed by atoms with Crippen LogP contribution in [0.25, 0.3) is 10.6 Å². The van der Waals surface area contributed by atoms with E-state index in [1.807, 2.05) is 37.3 Å². The highest BCUT2D eigenvalue weighted by Crippen LogP contribution is 2.33. The molecule has 1 aromatic heterocycles. The van der Waals surface area contributed by atoms with Crippen LogP contribution in [0, 0.1) is 20.8 Å². The van der Waals surface area contributed by atoms with E-state index < -0.39 is 0 Å². The van der Waals surface area contributed by atoms with Gasteiger partial charge in [-0.1, -0.05) is 47.2 Å². The van der Waals surface area contributed by atoms with Crippen molar-refractivity contribution in [1.82, 2.24) is 10.2 Å². The van der Waals surface area contributed by atoms with Crippen molar-refractivity contribution in [2.75, 3.05) is 5.32 Å². The van der Waals surface area contributed by atoms with E-state index in [0.29, 0.717) is 5.13 Å². The standard InChI is InChI=1S/C20H21N3OS2/c1-12-10-13(2)17(14(3)11-12)19-22-23-20(26-19)21-18(24)15(4)25-16-8-6-5-7-9-16/h5-11,15H,1-4H3,(H,21,23,24). The van der Waals surface area contributed by atoms with Gasteiger partial charge in [-0.3, -0.25) is 10.1 Å². The first-order valence-electron chi connectivity index (χ1n) is 8.38. The predicted molar refractivity (Wildman–Crippen MR) is 110 cm³/mol. The Balaban J connectivity index is 1.71. The van der Waals surface area contributed by atoms with Gasteiger partial charge in [0, 0.05) is 10.5 Å². The number of hydrogen-bond acceptors (Lipinski definition) is 5. The topological polar surface area (TPSA) is 54.9 Å². The number of nitrogens with one attached hydrogen (secondary N) is 1. The molecule has 3 rings (SSSR count). The average Bonchev–Trinajstić information content (AvgIpc) is 3.02. The number of anilines is 1. The molecule has 4 nitrogen and oxygen atoms in total. The summed E-state index contributed by atoms with van der Waals surface area (Å²) in [7, 11) is 0. The van der Waals surface area contributed by atoms with Crippen molar-refractivity contribution >= 4 is 34.1 Å². The molecule has 0 saturated heterocycles. The van der Waals surface area contributed by atoms with Crippen LogP contribution in [0.15, 0.2) is 47.4 Å². The van der Waals surface area contributed by atoms with Gasteiger partial charge < -0.3 is 0 Å². The van der Waals surface area contributed by atoms with E-state index in [0.717, 1.165) is 15.5 Å². The van der Waals surface area contributed by atoms with Gasteiger partial charge in [-0.05, 0) is 51.0 Å². The summed E-state index contributed by atoms with van der Waals surface area (Å²) in [6, 6.07) is 14.2. The summed E-state index contributed by atoms with van der Waals surface area (Å²) in [5.74, 6) is -0.0705. The molecular weight excluding hydrogens is 362 g/mol. The maximum absolute atomic E-state index is 12.4. The SMILES string of the molecule is Cc1cc(C)c(-c2nnc(NC(=O)C(C)Sc3ccccc3)s2)c(C)c1. The zero-order valence-corrected chi connectivity index (χ0v) is 16.9. The summed E-state index contributed by atoms with van der Waals surface area (Å²) in [5, 5.41) is 12.5. The maximum atomic E-state index is 12.4. The van der Waals surface area contributed by atoms with Crippen molar-refractivity contribution < 1.29 is 4.79 Å². The van der Waals surface area contributed by atoms with E-state index in [1.54, 1.807) is 0 Å². The number of amides is 1. The molecule has 0 aliphatic rings. The molecule has 1 N–H and O–H groups in total. The van der Waals surface area contributed by atoms with Crippen LogP contribution < -0.4 is 5.32 Å². The molecule has 3 aromatic rings. The lowest BCUT2D eigenvalue weighted by Gasteiger charge is -2.10. The lowest BCUT2D eigenvalue weighted by Crippen LogP contribution is -2.22. The lowest BCUT2D eigenvalue weighted by molar-refractivity contribution is -0.115. The third kappa shape index (κ3) is 4.31. The van der Waals surface area contributed by atoms with E-state index in [4.69, 9.17) is 0 Å². The number of benzene rings is 2. The molecule has 0 aliphatic heterocycles. The zero-order valence-electron chi connectivity index (χ0n) is 15.2. The van der Waals surface area contributed by atoms with Gasteiger partial charge in [0.1, 0.15) is 5.01 Å². The van der Waals surface area contributed by atoms with Crippen LogP contribution in [0.1, 0.15) is 23.6 Å². The minimum atomic E-state index is -0.215. The van der Waals surface area contributed by atoms with Gasteiger partial charge in [-0.15, -0.1) is 22.0 Å². The highest BCUT2D eigenvalue weighted by molar-refractivity contribution is 8.00. The molecule has 2 aromatic carbocycles. The molecule has 0 saturated carbocycles. The minimum Gasteiger partial charge on any atom is -0.300 e. The number of carbonyl (C=O) groups excluding carboxylic acids is 1. The number of carbonyl (C=O) groups is 1. The number of rotatable bonds is 5. The van der Waals surface area contributed by atoms with Crippen LogP contribution in [0.5, 0.6) is 0 Å². The molecule has 1 unspecified atom stereocenters. The third-order valence-corrected chi connectivity index (χ3v) is 5.94. The summed E-state index contributed by atoms with van der Waals surface area (Å²) >= 11 is 2.93. The van der Waals surface area contributed by atoms with Gasteiger partial charge in [0.25, 0.3) is 0 Å². The van der Waals surface area contributed by atoms with Crippen LogP contribution in [0.4, 0.5) is 5.13 Å². The Morgan fingerprint density at radius 3 is 2.38 bits per heavy atom. The fraction of sp³-hybridized carbons (Fsp3) is 0.250. The molecular formula is C20H21N3OS2. The summed E-state index contributed by atoms with van der Waals surface area (Å²) in [4.78, 5) is 13.5. The predicted octanol–water partition coefficient (Wildman–Crippen LogP) is 5.25. The summed E-state index contributed by atoms with van der Waals surface area (Å²) in [6.07, 6.45) is 0. The zero-order chi connectivity index (χ0) is 18.7. The number of hydrogen-bond donors (Lipinski definition) is 1. The van der Waals surface area contributed by atoms with Crippen molar-refractivity contribution in [3.63, 3.8) is 0 Å². The first-order valence-corrected chi connectivity index (χ1v) is 10.1. The van der Waals surface area contributed by atoms with E-state index >= 15 is 0 Å². The molecule has 0 bridgehead atoms. The minimum absolute atomic E-state index is 0.0705. The number of thioether (sulfide) groups is 1. The molecule has 0 fully saturated rings. The Bertz CT molecular complexity index is 899. The highest BCUT2D eigenvalue weighted by atomic mass is 32.2. The maximum Gasteiger partial charge on any atom is 0.239 e. The van der Waals surface area contributed by atoms with Crippen LogP contribution in [0.3, 0.4) is 0 Å². The van der Waals surface area contributed by atoms with Gasteiger partial charge in [-0.25, -0.2) is 0 Å². The van der Waals surface area contributed by atoms with Crippen molar-refractivity contribution in [2.24, 2.45) is 0 Å². The van der Waals surface area contributed by atoms with Crippen LogP contribution in [-0.2, 0) is 4.79 Å². The molecule has 1 atom stereocenters. The van der Waals surface area contributed by atoms with Crippen molar-refractivity contribution in [3.8, 4) is 10.6 Å². The molecule has 134 valence electrons. The summed E-state index contributed by atoms with van der Waals surface area (Å²) in [6.45, 7) is 8.13. The summed E-state index contributed by atoms with van der Waals surface area (Å²) in [5.41, 5.74) is 4.67. The first-order chi connectivity index (χ1) is 12.4. The Morgan fingerprint density at radius 1 is 1.08 bits per heavy atom. The summed E-state index contributed by atoms with van der Waals surface area (Å²) < 4.78 is 0. The smallest absolute Gasteiger partial charge is 0.239 e. The second-order valence-electron chi connectivity index (χ2n) is 6.25. The van der Waals surface area contributed by atoms with Crippen LogP contribution >= 0.6 is 23.1 Å². The molecule has 0 spiro atoms. The van der Waals surface area contributed by atoms with Crippen LogP contribution in [0.2, 0.25) is 0 Å². The Labute approximate surface area is 162 Å². The van der Waals surface area contributed by atoms with Crippen molar-refractivity contribution in [3.05, 3.63) is 59.2 Å². The van der Waals surface area contributed by atoms with Gasteiger partial charge in [0.05, 0.1) is 5.25 Å². The number of aryl methyl sites for hydroxylation is 3. The largest absolute Gasteiger partial charge is 0.300 e. The molecule has 0 aliphatic carbocycles. The molecule has 1 amide bonds. The number of nitrogens with zero attached hydrogens (tertiary/aromatic N) is 2. The third-order valence-electron chi connectivity index (χ3n) is 3.97. The molecule has 6 heteroatoms. The Morgan fingerprint density at radius 2 is 1.73 bits per heavy atom. The Kier molecular flexibility index (Phi) is 5.74. The quantitative estimate of drug-likeness (QED) is 0.611.